The van der Waals surface area contributed by atoms with Gasteiger partial charge >= 0.3 is 0 Å². The lowest BCUT2D eigenvalue weighted by Gasteiger charge is -2.23. The molecule has 0 bridgehead atoms. The van der Waals surface area contributed by atoms with Crippen LogP contribution >= 0.6 is 0 Å². The van der Waals surface area contributed by atoms with Crippen LogP contribution < -0.4 is 14.4 Å². The smallest absolute Gasteiger partial charge is 0.243 e. The Morgan fingerprint density at radius 2 is 1.76 bits per heavy atom. The van der Waals surface area contributed by atoms with Crippen molar-refractivity contribution in [1.29, 1.82) is 0 Å². The van der Waals surface area contributed by atoms with Crippen molar-refractivity contribution in [3.05, 3.63) is 53.6 Å². The van der Waals surface area contributed by atoms with E-state index in [1.165, 1.54) is 19.3 Å². The number of nitrogens with zero attached hydrogens (tertiary/aromatic N) is 3. The molecule has 0 saturated carbocycles. The van der Waals surface area contributed by atoms with E-state index in [9.17, 15) is 4.79 Å². The fourth-order valence-corrected chi connectivity index (χ4v) is 4.19. The third-order valence-electron chi connectivity index (χ3n) is 6.17. The molecule has 1 aliphatic heterocycles. The summed E-state index contributed by atoms with van der Waals surface area (Å²) in [5, 5.41) is 6.52. The van der Waals surface area contributed by atoms with Crippen molar-refractivity contribution in [2.45, 2.75) is 57.9 Å². The molecular weight excluding hydrogens is 414 g/mol. The van der Waals surface area contributed by atoms with Crippen molar-refractivity contribution in [3.8, 4) is 11.5 Å². The standard InChI is InChI=1S/C27H37N3O3/c1-6-7-8-9-10-11-27(31)30-25(20-12-14-21(15-13-20)29(2)3)19-24(28-30)23-17-16-22(32-4)18-26(23)33-5/h12-18,25H,6-11,19H2,1-5H3. The molecule has 1 aliphatic rings. The molecule has 1 amide bonds. The number of hydrazone groups is 1. The number of hydrogen-bond acceptors (Lipinski definition) is 5. The summed E-state index contributed by atoms with van der Waals surface area (Å²) in [6.45, 7) is 2.20. The maximum Gasteiger partial charge on any atom is 0.243 e. The molecule has 0 spiro atoms. The quantitative estimate of drug-likeness (QED) is 0.405. The van der Waals surface area contributed by atoms with Crippen LogP contribution in [0.3, 0.4) is 0 Å². The molecule has 0 fully saturated rings. The number of rotatable bonds is 11. The number of carbonyl (C=O) groups excluding carboxylic acids is 1. The summed E-state index contributed by atoms with van der Waals surface area (Å²) >= 11 is 0. The van der Waals surface area contributed by atoms with Crippen molar-refractivity contribution >= 4 is 17.3 Å². The van der Waals surface area contributed by atoms with Crippen LogP contribution in [0.5, 0.6) is 11.5 Å². The number of unbranched alkanes of at least 4 members (excludes halogenated alkanes) is 4. The second-order valence-corrected chi connectivity index (χ2v) is 8.72. The van der Waals surface area contributed by atoms with E-state index in [4.69, 9.17) is 14.6 Å². The highest BCUT2D eigenvalue weighted by molar-refractivity contribution is 6.05. The summed E-state index contributed by atoms with van der Waals surface area (Å²) in [6.07, 6.45) is 6.74. The van der Waals surface area contributed by atoms with Crippen LogP contribution in [-0.4, -0.2) is 44.9 Å². The van der Waals surface area contributed by atoms with Crippen LogP contribution in [-0.2, 0) is 4.79 Å². The molecular formula is C27H37N3O3. The van der Waals surface area contributed by atoms with Gasteiger partial charge in [0.15, 0.2) is 0 Å². The van der Waals surface area contributed by atoms with Gasteiger partial charge in [-0.15, -0.1) is 0 Å². The van der Waals surface area contributed by atoms with Crippen LogP contribution in [0, 0.1) is 0 Å². The number of amides is 1. The van der Waals surface area contributed by atoms with Crippen molar-refractivity contribution in [2.75, 3.05) is 33.2 Å². The predicted molar refractivity (Wildman–Crippen MR) is 134 cm³/mol. The molecule has 0 N–H and O–H groups in total. The minimum Gasteiger partial charge on any atom is -0.497 e. The monoisotopic (exact) mass is 451 g/mol. The zero-order chi connectivity index (χ0) is 23.8. The predicted octanol–water partition coefficient (Wildman–Crippen LogP) is 5.81. The number of hydrogen-bond donors (Lipinski definition) is 0. The van der Waals surface area contributed by atoms with Gasteiger partial charge in [0.2, 0.25) is 5.91 Å². The number of anilines is 1. The molecule has 0 saturated heterocycles. The molecule has 0 radical (unpaired) electrons. The largest absolute Gasteiger partial charge is 0.497 e. The zero-order valence-electron chi connectivity index (χ0n) is 20.6. The summed E-state index contributed by atoms with van der Waals surface area (Å²) in [6, 6.07) is 14.0. The average Bonchev–Trinajstić information content (AvgIpc) is 3.28. The zero-order valence-corrected chi connectivity index (χ0v) is 20.6. The van der Waals surface area contributed by atoms with Crippen LogP contribution in [0.2, 0.25) is 0 Å². The lowest BCUT2D eigenvalue weighted by atomic mass is 9.97. The first-order valence-corrected chi connectivity index (χ1v) is 11.9. The molecule has 0 aromatic heterocycles. The van der Waals surface area contributed by atoms with Crippen molar-refractivity contribution < 1.29 is 14.3 Å². The first-order chi connectivity index (χ1) is 16.0. The fraction of sp³-hybridized carbons (Fsp3) is 0.481. The molecule has 1 heterocycles. The van der Waals surface area contributed by atoms with Gasteiger partial charge in [-0.2, -0.15) is 5.10 Å². The molecule has 1 unspecified atom stereocenters. The Morgan fingerprint density at radius 3 is 2.39 bits per heavy atom. The average molecular weight is 452 g/mol. The van der Waals surface area contributed by atoms with E-state index in [1.807, 2.05) is 32.3 Å². The summed E-state index contributed by atoms with van der Waals surface area (Å²) in [4.78, 5) is 15.3. The number of methoxy groups -OCH3 is 2. The van der Waals surface area contributed by atoms with E-state index in [0.717, 1.165) is 41.1 Å². The van der Waals surface area contributed by atoms with Crippen LogP contribution in [0.4, 0.5) is 5.69 Å². The minimum atomic E-state index is -0.119. The normalized spacial score (nSPS) is 15.4. The van der Waals surface area contributed by atoms with Gasteiger partial charge in [-0.25, -0.2) is 5.01 Å². The highest BCUT2D eigenvalue weighted by Crippen LogP contribution is 2.37. The number of benzene rings is 2. The van der Waals surface area contributed by atoms with Gasteiger partial charge in [-0.1, -0.05) is 44.7 Å². The van der Waals surface area contributed by atoms with E-state index in [2.05, 4.69) is 36.1 Å². The van der Waals surface area contributed by atoms with Gasteiger partial charge in [0, 0.05) is 44.3 Å². The Balaban J connectivity index is 1.86. The van der Waals surface area contributed by atoms with Gasteiger partial charge < -0.3 is 14.4 Å². The van der Waals surface area contributed by atoms with Crippen LogP contribution in [0.25, 0.3) is 0 Å². The Bertz CT molecular complexity index is 954. The van der Waals surface area contributed by atoms with E-state index in [0.29, 0.717) is 18.6 Å². The molecule has 2 aromatic carbocycles. The van der Waals surface area contributed by atoms with Crippen molar-refractivity contribution in [3.63, 3.8) is 0 Å². The minimum absolute atomic E-state index is 0.0793. The van der Waals surface area contributed by atoms with E-state index in [-0.39, 0.29) is 11.9 Å². The van der Waals surface area contributed by atoms with Gasteiger partial charge in [-0.3, -0.25) is 4.79 Å². The maximum absolute atomic E-state index is 13.2. The Kier molecular flexibility index (Phi) is 8.75. The molecule has 6 nitrogen and oxygen atoms in total. The molecule has 6 heteroatoms. The van der Waals surface area contributed by atoms with Gasteiger partial charge in [0.1, 0.15) is 11.5 Å². The molecule has 0 aliphatic carbocycles. The van der Waals surface area contributed by atoms with Gasteiger partial charge in [0.05, 0.1) is 26.0 Å². The lowest BCUT2D eigenvalue weighted by Crippen LogP contribution is -2.26. The van der Waals surface area contributed by atoms with E-state index >= 15 is 0 Å². The Morgan fingerprint density at radius 1 is 1.03 bits per heavy atom. The molecule has 2 aromatic rings. The third kappa shape index (κ3) is 6.06. The second kappa shape index (κ2) is 11.7. The van der Waals surface area contributed by atoms with Crippen molar-refractivity contribution in [1.82, 2.24) is 5.01 Å². The highest BCUT2D eigenvalue weighted by Gasteiger charge is 2.33. The van der Waals surface area contributed by atoms with Crippen LogP contribution in [0.15, 0.2) is 47.6 Å². The Labute approximate surface area is 198 Å². The topological polar surface area (TPSA) is 54.4 Å². The lowest BCUT2D eigenvalue weighted by molar-refractivity contribution is -0.133. The second-order valence-electron chi connectivity index (χ2n) is 8.72. The molecule has 33 heavy (non-hydrogen) atoms. The SMILES string of the molecule is CCCCCCCC(=O)N1N=C(c2ccc(OC)cc2OC)CC1c1ccc(N(C)C)cc1. The summed E-state index contributed by atoms with van der Waals surface area (Å²) in [7, 11) is 7.33. The van der Waals surface area contributed by atoms with Crippen LogP contribution in [0.1, 0.15) is 69.0 Å². The summed E-state index contributed by atoms with van der Waals surface area (Å²) < 4.78 is 11.0. The van der Waals surface area contributed by atoms with E-state index in [1.54, 1.807) is 19.2 Å². The number of ether oxygens (including phenoxy) is 2. The Hall–Kier alpha value is -3.02. The van der Waals surface area contributed by atoms with Gasteiger partial charge in [0.25, 0.3) is 0 Å². The van der Waals surface area contributed by atoms with E-state index < -0.39 is 0 Å². The molecule has 3 rings (SSSR count). The fourth-order valence-electron chi connectivity index (χ4n) is 4.19. The van der Waals surface area contributed by atoms with Crippen molar-refractivity contribution in [2.24, 2.45) is 5.10 Å². The molecule has 1 atom stereocenters. The van der Waals surface area contributed by atoms with Gasteiger partial charge in [-0.05, 0) is 36.2 Å². The summed E-state index contributed by atoms with van der Waals surface area (Å²) in [5.41, 5.74) is 3.97. The maximum atomic E-state index is 13.2. The first kappa shape index (κ1) is 24.6. The summed E-state index contributed by atoms with van der Waals surface area (Å²) in [5.74, 6) is 1.50. The first-order valence-electron chi connectivity index (χ1n) is 11.9. The molecule has 178 valence electrons. The third-order valence-corrected chi connectivity index (χ3v) is 6.17. The number of carbonyl (C=O) groups is 1. The highest BCUT2D eigenvalue weighted by atomic mass is 16.5.